The van der Waals surface area contributed by atoms with Crippen molar-refractivity contribution in [2.24, 2.45) is 0 Å². The van der Waals surface area contributed by atoms with E-state index in [4.69, 9.17) is 20.3 Å². The predicted octanol–water partition coefficient (Wildman–Crippen LogP) is 3.29. The lowest BCUT2D eigenvalue weighted by molar-refractivity contribution is 0.355. The van der Waals surface area contributed by atoms with E-state index in [2.05, 4.69) is 5.10 Å². The zero-order chi connectivity index (χ0) is 18.0. The number of aromatic nitrogens is 2. The van der Waals surface area contributed by atoms with Gasteiger partial charge in [-0.15, -0.1) is 0 Å². The first-order valence-corrected chi connectivity index (χ1v) is 8.39. The number of benzene rings is 2. The van der Waals surface area contributed by atoms with Gasteiger partial charge >= 0.3 is 0 Å². The lowest BCUT2D eigenvalue weighted by Gasteiger charge is -2.08. The Morgan fingerprint density at radius 2 is 1.80 bits per heavy atom. The molecule has 6 nitrogen and oxygen atoms in total. The van der Waals surface area contributed by atoms with Gasteiger partial charge in [0, 0.05) is 11.1 Å². The van der Waals surface area contributed by atoms with Gasteiger partial charge in [-0.2, -0.15) is 9.78 Å². The maximum absolute atomic E-state index is 8.41. The third-order valence-electron chi connectivity index (χ3n) is 3.82. The highest BCUT2D eigenvalue weighted by molar-refractivity contribution is 7.12. The number of methoxy groups -OCH3 is 2. The zero-order valence-electron chi connectivity index (χ0n) is 14.2. The molecule has 0 atom stereocenters. The smallest absolute Gasteiger partial charge is 0.206 e. The third-order valence-corrected chi connectivity index (χ3v) is 4.70. The molecule has 0 fully saturated rings. The average molecular weight is 354 g/mol. The summed E-state index contributed by atoms with van der Waals surface area (Å²) in [6, 6.07) is 13.1. The minimum absolute atomic E-state index is 0.186. The normalized spacial score (nSPS) is 10.5. The van der Waals surface area contributed by atoms with Crippen molar-refractivity contribution in [3.8, 4) is 22.1 Å². The molecule has 0 aliphatic rings. The van der Waals surface area contributed by atoms with E-state index in [0.29, 0.717) is 16.5 Å². The van der Waals surface area contributed by atoms with Crippen molar-refractivity contribution < 1.29 is 9.47 Å². The van der Waals surface area contributed by atoms with Gasteiger partial charge < -0.3 is 9.47 Å². The van der Waals surface area contributed by atoms with Gasteiger partial charge in [-0.25, -0.2) is 0 Å². The minimum Gasteiger partial charge on any atom is -0.493 e. The fourth-order valence-electron chi connectivity index (χ4n) is 2.48. The van der Waals surface area contributed by atoms with E-state index in [9.17, 15) is 0 Å². The van der Waals surface area contributed by atoms with Gasteiger partial charge in [0.05, 0.1) is 14.2 Å². The maximum atomic E-state index is 8.41. The first kappa shape index (κ1) is 16.9. The molecule has 128 valence electrons. The van der Waals surface area contributed by atoms with Crippen LogP contribution in [-0.4, -0.2) is 29.8 Å². The Morgan fingerprint density at radius 3 is 2.48 bits per heavy atom. The molecule has 0 radical (unpaired) electrons. The summed E-state index contributed by atoms with van der Waals surface area (Å²) >= 11 is 1.21. The number of nitrogens with one attached hydrogen (secondary N) is 2. The molecular weight excluding hydrogens is 336 g/mol. The van der Waals surface area contributed by atoms with Crippen LogP contribution in [0.25, 0.3) is 10.6 Å². The molecule has 25 heavy (non-hydrogen) atoms. The van der Waals surface area contributed by atoms with Crippen molar-refractivity contribution in [1.82, 2.24) is 9.78 Å². The molecule has 0 amide bonds. The topological polar surface area (TPSA) is 84.0 Å². The summed E-state index contributed by atoms with van der Waals surface area (Å²) in [6.45, 7) is 1.94. The number of hydrogen-bond donors (Lipinski definition) is 2. The van der Waals surface area contributed by atoms with Crippen LogP contribution in [0.4, 0.5) is 0 Å². The molecule has 3 aromatic rings. The average Bonchev–Trinajstić information content (AvgIpc) is 3.02. The largest absolute Gasteiger partial charge is 0.493 e. The van der Waals surface area contributed by atoms with Crippen molar-refractivity contribution in [3.63, 3.8) is 0 Å². The Morgan fingerprint density at radius 1 is 1.08 bits per heavy atom. The highest BCUT2D eigenvalue weighted by atomic mass is 32.1. The molecule has 0 saturated heterocycles. The lowest BCUT2D eigenvalue weighted by atomic mass is 10.1. The van der Waals surface area contributed by atoms with E-state index in [-0.39, 0.29) is 10.6 Å². The quantitative estimate of drug-likeness (QED) is 0.557. The SMILES string of the molecule is COc1ccc(-c2nn(C(=N)c3ccccc3C)c(=N)s2)cc1OC. The predicted molar refractivity (Wildman–Crippen MR) is 97.9 cm³/mol. The van der Waals surface area contributed by atoms with Crippen molar-refractivity contribution in [2.75, 3.05) is 14.2 Å². The highest BCUT2D eigenvalue weighted by Crippen LogP contribution is 2.32. The number of rotatable bonds is 4. The van der Waals surface area contributed by atoms with Gasteiger partial charge in [0.1, 0.15) is 5.01 Å². The zero-order valence-corrected chi connectivity index (χ0v) is 15.0. The molecule has 7 heteroatoms. The highest BCUT2D eigenvalue weighted by Gasteiger charge is 2.14. The molecule has 0 unspecified atom stereocenters. The molecule has 3 rings (SSSR count). The summed E-state index contributed by atoms with van der Waals surface area (Å²) in [5.74, 6) is 1.42. The van der Waals surface area contributed by atoms with Gasteiger partial charge in [-0.05, 0) is 30.7 Å². The van der Waals surface area contributed by atoms with Crippen molar-refractivity contribution in [1.29, 1.82) is 10.8 Å². The fourth-order valence-corrected chi connectivity index (χ4v) is 3.25. The molecule has 0 aliphatic heterocycles. The maximum Gasteiger partial charge on any atom is 0.206 e. The lowest BCUT2D eigenvalue weighted by Crippen LogP contribution is -2.24. The van der Waals surface area contributed by atoms with E-state index in [1.807, 2.05) is 43.3 Å². The Hall–Kier alpha value is -2.93. The van der Waals surface area contributed by atoms with Crippen LogP contribution in [0, 0.1) is 17.7 Å². The Bertz CT molecular complexity index is 991. The monoisotopic (exact) mass is 354 g/mol. The molecule has 1 aromatic heterocycles. The van der Waals surface area contributed by atoms with Crippen LogP contribution in [0.3, 0.4) is 0 Å². The van der Waals surface area contributed by atoms with Crippen LogP contribution < -0.4 is 14.3 Å². The minimum atomic E-state index is 0.186. The van der Waals surface area contributed by atoms with Crippen LogP contribution >= 0.6 is 11.3 Å². The van der Waals surface area contributed by atoms with E-state index >= 15 is 0 Å². The van der Waals surface area contributed by atoms with Crippen LogP contribution in [0.5, 0.6) is 11.5 Å². The van der Waals surface area contributed by atoms with Crippen LogP contribution in [0.2, 0.25) is 0 Å². The van der Waals surface area contributed by atoms with E-state index < -0.39 is 0 Å². The Balaban J connectivity index is 2.03. The van der Waals surface area contributed by atoms with Crippen molar-refractivity contribution in [2.45, 2.75) is 6.92 Å². The van der Waals surface area contributed by atoms with Crippen LogP contribution in [0.15, 0.2) is 42.5 Å². The third kappa shape index (κ3) is 3.18. The van der Waals surface area contributed by atoms with Gasteiger partial charge in [-0.1, -0.05) is 35.6 Å². The summed E-state index contributed by atoms with van der Waals surface area (Å²) in [6.07, 6.45) is 0. The second kappa shape index (κ2) is 6.90. The molecule has 1 heterocycles. The van der Waals surface area contributed by atoms with Gasteiger partial charge in [-0.3, -0.25) is 10.8 Å². The van der Waals surface area contributed by atoms with Gasteiger partial charge in [0.2, 0.25) is 4.80 Å². The first-order valence-electron chi connectivity index (χ1n) is 7.57. The van der Waals surface area contributed by atoms with Crippen molar-refractivity contribution in [3.05, 3.63) is 58.4 Å². The van der Waals surface area contributed by atoms with Crippen molar-refractivity contribution >= 4 is 17.2 Å². The van der Waals surface area contributed by atoms with Gasteiger partial charge in [0.15, 0.2) is 17.3 Å². The van der Waals surface area contributed by atoms with Gasteiger partial charge in [0.25, 0.3) is 0 Å². The molecule has 2 aromatic carbocycles. The van der Waals surface area contributed by atoms with E-state index in [1.54, 1.807) is 20.3 Å². The second-order valence-corrected chi connectivity index (χ2v) is 6.33. The van der Waals surface area contributed by atoms with E-state index in [0.717, 1.165) is 16.7 Å². The second-order valence-electron chi connectivity index (χ2n) is 5.36. The fraction of sp³-hybridized carbons (Fsp3) is 0.167. The van der Waals surface area contributed by atoms with Crippen LogP contribution in [-0.2, 0) is 0 Å². The Labute approximate surface area is 149 Å². The number of aryl methyl sites for hydroxylation is 1. The molecule has 0 saturated carbocycles. The molecule has 0 spiro atoms. The number of hydrogen-bond acceptors (Lipinski definition) is 6. The standard InChI is InChI=1S/C18H18N4O2S/c1-11-6-4-5-7-13(11)16(19)22-18(20)25-17(21-22)12-8-9-14(23-2)15(10-12)24-3/h4-10,19-20H,1-3H3. The summed E-state index contributed by atoms with van der Waals surface area (Å²) < 4.78 is 11.9. The number of ether oxygens (including phenoxy) is 2. The summed E-state index contributed by atoms with van der Waals surface area (Å²) in [5, 5.41) is 21.7. The Kier molecular flexibility index (Phi) is 4.67. The summed E-state index contributed by atoms with van der Waals surface area (Å²) in [4.78, 5) is 0.193. The molecular formula is C18H18N4O2S. The summed E-state index contributed by atoms with van der Waals surface area (Å²) in [5.41, 5.74) is 2.54. The number of nitrogens with zero attached hydrogens (tertiary/aromatic N) is 2. The summed E-state index contributed by atoms with van der Waals surface area (Å²) in [7, 11) is 3.16. The molecule has 2 N–H and O–H groups in total. The molecule has 0 bridgehead atoms. The first-order chi connectivity index (χ1) is 12.0. The molecule has 0 aliphatic carbocycles. The van der Waals surface area contributed by atoms with Crippen LogP contribution in [0.1, 0.15) is 11.1 Å². The van der Waals surface area contributed by atoms with E-state index in [1.165, 1.54) is 16.0 Å².